The highest BCUT2D eigenvalue weighted by Gasteiger charge is 2.17. The Hall–Kier alpha value is -1.85. The van der Waals surface area contributed by atoms with E-state index in [2.05, 4.69) is 16.4 Å². The number of thiazole rings is 1. The van der Waals surface area contributed by atoms with Crippen LogP contribution in [-0.2, 0) is 4.79 Å². The van der Waals surface area contributed by atoms with Gasteiger partial charge in [-0.15, -0.1) is 11.3 Å². The van der Waals surface area contributed by atoms with Gasteiger partial charge in [-0.05, 0) is 43.7 Å². The number of anilines is 1. The molecule has 1 atom stereocenters. The average Bonchev–Trinajstić information content (AvgIpc) is 2.89. The molecule has 1 amide bonds. The number of para-hydroxylation sites is 1. The van der Waals surface area contributed by atoms with E-state index in [4.69, 9.17) is 0 Å². The van der Waals surface area contributed by atoms with E-state index in [0.717, 1.165) is 25.8 Å². The van der Waals surface area contributed by atoms with E-state index in [1.807, 2.05) is 56.3 Å². The number of nitrogens with one attached hydrogen (secondary N) is 1. The second-order valence-corrected chi connectivity index (χ2v) is 7.68. The Morgan fingerprint density at radius 3 is 2.82 bits per heavy atom. The maximum Gasteiger partial charge on any atom is 0.237 e. The van der Waals surface area contributed by atoms with E-state index in [1.165, 1.54) is 11.8 Å². The number of nitrogens with zero attached hydrogens (tertiary/aromatic N) is 1. The summed E-state index contributed by atoms with van der Waals surface area (Å²) in [6.07, 6.45) is 0. The van der Waals surface area contributed by atoms with Crippen LogP contribution in [0.4, 0.5) is 5.69 Å². The Balaban J connectivity index is 1.68. The molecule has 112 valence electrons. The first-order chi connectivity index (χ1) is 10.6. The molecule has 0 radical (unpaired) electrons. The van der Waals surface area contributed by atoms with Gasteiger partial charge in [0.15, 0.2) is 4.34 Å². The van der Waals surface area contributed by atoms with Crippen LogP contribution in [0.1, 0.15) is 12.5 Å². The van der Waals surface area contributed by atoms with Crippen LogP contribution in [0, 0.1) is 6.92 Å². The number of benzene rings is 2. The minimum atomic E-state index is -0.193. The molecule has 0 unspecified atom stereocenters. The molecule has 0 bridgehead atoms. The molecule has 1 heterocycles. The van der Waals surface area contributed by atoms with Crippen LogP contribution in [0.3, 0.4) is 0 Å². The molecule has 0 aliphatic carbocycles. The number of carbonyl (C=O) groups excluding carboxylic acids is 1. The highest BCUT2D eigenvalue weighted by atomic mass is 32.2. The fourth-order valence-electron chi connectivity index (χ4n) is 2.07. The molecule has 0 saturated carbocycles. The van der Waals surface area contributed by atoms with Gasteiger partial charge in [0, 0.05) is 5.69 Å². The van der Waals surface area contributed by atoms with E-state index in [9.17, 15) is 4.79 Å². The predicted octanol–water partition coefficient (Wildman–Crippen LogP) is 4.72. The number of rotatable bonds is 4. The van der Waals surface area contributed by atoms with Gasteiger partial charge in [-0.1, -0.05) is 36.0 Å². The van der Waals surface area contributed by atoms with Crippen LogP contribution in [0.5, 0.6) is 0 Å². The first-order valence-corrected chi connectivity index (χ1v) is 8.71. The lowest BCUT2D eigenvalue weighted by Gasteiger charge is -2.10. The molecule has 5 heteroatoms. The van der Waals surface area contributed by atoms with Crippen molar-refractivity contribution in [2.24, 2.45) is 0 Å². The predicted molar refractivity (Wildman–Crippen MR) is 94.7 cm³/mol. The summed E-state index contributed by atoms with van der Waals surface area (Å²) in [4.78, 5) is 16.8. The smallest absolute Gasteiger partial charge is 0.237 e. The number of amides is 1. The molecule has 3 aromatic rings. The number of hydrogen-bond acceptors (Lipinski definition) is 4. The van der Waals surface area contributed by atoms with Gasteiger partial charge in [-0.25, -0.2) is 4.98 Å². The summed E-state index contributed by atoms with van der Waals surface area (Å²) in [7, 11) is 0. The van der Waals surface area contributed by atoms with Crippen molar-refractivity contribution in [2.75, 3.05) is 5.32 Å². The molecular formula is C17H16N2OS2. The lowest BCUT2D eigenvalue weighted by molar-refractivity contribution is -0.115. The van der Waals surface area contributed by atoms with Gasteiger partial charge in [0.25, 0.3) is 0 Å². The Labute approximate surface area is 137 Å². The summed E-state index contributed by atoms with van der Waals surface area (Å²) in [5.74, 6) is -0.00476. The van der Waals surface area contributed by atoms with E-state index in [-0.39, 0.29) is 11.2 Å². The SMILES string of the molecule is Cc1cccc(NC(=O)[C@H](C)Sc2nc3ccccc3s2)c1. The fourth-order valence-corrected chi connectivity index (χ4v) is 4.28. The number of fused-ring (bicyclic) bond motifs is 1. The quantitative estimate of drug-likeness (QED) is 0.704. The number of aromatic nitrogens is 1. The lowest BCUT2D eigenvalue weighted by Crippen LogP contribution is -2.22. The van der Waals surface area contributed by atoms with E-state index in [0.29, 0.717) is 0 Å². The van der Waals surface area contributed by atoms with Crippen molar-refractivity contribution in [2.45, 2.75) is 23.4 Å². The summed E-state index contributed by atoms with van der Waals surface area (Å²) in [5, 5.41) is 2.76. The summed E-state index contributed by atoms with van der Waals surface area (Å²) in [5.41, 5.74) is 2.95. The van der Waals surface area contributed by atoms with Crippen molar-refractivity contribution in [3.63, 3.8) is 0 Å². The van der Waals surface area contributed by atoms with Crippen LogP contribution < -0.4 is 5.32 Å². The van der Waals surface area contributed by atoms with Crippen molar-refractivity contribution < 1.29 is 4.79 Å². The Kier molecular flexibility index (Phi) is 4.45. The van der Waals surface area contributed by atoms with Crippen molar-refractivity contribution in [3.05, 3.63) is 54.1 Å². The van der Waals surface area contributed by atoms with Gasteiger partial charge in [0.1, 0.15) is 0 Å². The second-order valence-electron chi connectivity index (χ2n) is 5.07. The molecule has 3 rings (SSSR count). The monoisotopic (exact) mass is 328 g/mol. The molecule has 1 aromatic heterocycles. The highest BCUT2D eigenvalue weighted by Crippen LogP contribution is 2.32. The van der Waals surface area contributed by atoms with E-state index < -0.39 is 0 Å². The van der Waals surface area contributed by atoms with Gasteiger partial charge in [-0.3, -0.25) is 4.79 Å². The summed E-state index contributed by atoms with van der Waals surface area (Å²) >= 11 is 3.12. The van der Waals surface area contributed by atoms with E-state index >= 15 is 0 Å². The third-order valence-electron chi connectivity index (χ3n) is 3.21. The molecule has 0 aliphatic rings. The maximum absolute atomic E-state index is 12.3. The molecule has 3 nitrogen and oxygen atoms in total. The normalized spacial score (nSPS) is 12.3. The number of hydrogen-bond donors (Lipinski definition) is 1. The van der Waals surface area contributed by atoms with Crippen molar-refractivity contribution >= 4 is 44.9 Å². The largest absolute Gasteiger partial charge is 0.325 e. The standard InChI is InChI=1S/C17H16N2OS2/c1-11-6-5-7-13(10-11)18-16(20)12(2)21-17-19-14-8-3-4-9-15(14)22-17/h3-10,12H,1-2H3,(H,18,20)/t12-/m0/s1. The maximum atomic E-state index is 12.3. The van der Waals surface area contributed by atoms with Crippen LogP contribution in [0.25, 0.3) is 10.2 Å². The van der Waals surface area contributed by atoms with Gasteiger partial charge >= 0.3 is 0 Å². The average molecular weight is 328 g/mol. The zero-order valence-corrected chi connectivity index (χ0v) is 14.0. The van der Waals surface area contributed by atoms with Gasteiger partial charge < -0.3 is 5.32 Å². The zero-order valence-electron chi connectivity index (χ0n) is 12.4. The highest BCUT2D eigenvalue weighted by molar-refractivity contribution is 8.02. The number of thioether (sulfide) groups is 1. The third kappa shape index (κ3) is 3.48. The Morgan fingerprint density at radius 1 is 1.23 bits per heavy atom. The van der Waals surface area contributed by atoms with Crippen LogP contribution in [-0.4, -0.2) is 16.1 Å². The van der Waals surface area contributed by atoms with Crippen LogP contribution in [0.15, 0.2) is 52.9 Å². The molecule has 0 saturated heterocycles. The van der Waals surface area contributed by atoms with E-state index in [1.54, 1.807) is 11.3 Å². The molecule has 0 aliphatic heterocycles. The summed E-state index contributed by atoms with van der Waals surface area (Å²) in [6, 6.07) is 15.8. The van der Waals surface area contributed by atoms with Crippen molar-refractivity contribution in [3.8, 4) is 0 Å². The first kappa shape index (κ1) is 15.1. The minimum Gasteiger partial charge on any atom is -0.325 e. The fraction of sp³-hybridized carbons (Fsp3) is 0.176. The molecular weight excluding hydrogens is 312 g/mol. The van der Waals surface area contributed by atoms with Crippen LogP contribution >= 0.6 is 23.1 Å². The molecule has 22 heavy (non-hydrogen) atoms. The Morgan fingerprint density at radius 2 is 2.05 bits per heavy atom. The van der Waals surface area contributed by atoms with Gasteiger partial charge in [0.2, 0.25) is 5.91 Å². The summed E-state index contributed by atoms with van der Waals surface area (Å²) < 4.78 is 2.07. The zero-order chi connectivity index (χ0) is 15.5. The first-order valence-electron chi connectivity index (χ1n) is 7.01. The van der Waals surface area contributed by atoms with Crippen LogP contribution in [0.2, 0.25) is 0 Å². The van der Waals surface area contributed by atoms with Gasteiger partial charge in [0.05, 0.1) is 15.5 Å². The van der Waals surface area contributed by atoms with Crippen molar-refractivity contribution in [1.82, 2.24) is 4.98 Å². The molecule has 0 fully saturated rings. The Bertz CT molecular complexity index is 780. The molecule has 2 aromatic carbocycles. The lowest BCUT2D eigenvalue weighted by atomic mass is 10.2. The molecule has 1 N–H and O–H groups in total. The second kappa shape index (κ2) is 6.50. The summed E-state index contributed by atoms with van der Waals surface area (Å²) in [6.45, 7) is 3.91. The topological polar surface area (TPSA) is 42.0 Å². The number of carbonyl (C=O) groups is 1. The third-order valence-corrected chi connectivity index (χ3v) is 5.44. The minimum absolute atomic E-state index is 0.00476. The molecule has 0 spiro atoms. The number of aryl methyl sites for hydroxylation is 1. The van der Waals surface area contributed by atoms with Crippen molar-refractivity contribution in [1.29, 1.82) is 0 Å². The van der Waals surface area contributed by atoms with Gasteiger partial charge in [-0.2, -0.15) is 0 Å².